The van der Waals surface area contributed by atoms with Crippen LogP contribution in [0.4, 0.5) is 5.82 Å². The molecule has 0 aliphatic carbocycles. The molecule has 0 unspecified atom stereocenters. The number of carbonyl (C=O) groups excluding carboxylic acids is 1. The lowest BCUT2D eigenvalue weighted by molar-refractivity contribution is 0.0946. The molecule has 2 rings (SSSR count). The van der Waals surface area contributed by atoms with Gasteiger partial charge in [0.1, 0.15) is 5.82 Å². The van der Waals surface area contributed by atoms with E-state index in [2.05, 4.69) is 15.7 Å². The van der Waals surface area contributed by atoms with Crippen molar-refractivity contribution in [1.29, 1.82) is 0 Å². The third-order valence-corrected chi connectivity index (χ3v) is 4.11. The standard InChI is InChI=1S/C12H18N4OS/c13-16-11-7-10(1-4-14-11)12(17)15-8-9-2-5-18-6-3-9/h1,4,7,9H,2-3,5-6,8,13H2,(H,14,16)(H,15,17). The number of hydrogen-bond donors (Lipinski definition) is 3. The lowest BCUT2D eigenvalue weighted by Gasteiger charge is -2.21. The van der Waals surface area contributed by atoms with Crippen molar-refractivity contribution in [3.63, 3.8) is 0 Å². The monoisotopic (exact) mass is 266 g/mol. The van der Waals surface area contributed by atoms with Crippen molar-refractivity contribution in [2.75, 3.05) is 23.5 Å². The molecule has 6 heteroatoms. The van der Waals surface area contributed by atoms with Crippen molar-refractivity contribution >= 4 is 23.5 Å². The van der Waals surface area contributed by atoms with Gasteiger partial charge < -0.3 is 10.7 Å². The zero-order chi connectivity index (χ0) is 12.8. The largest absolute Gasteiger partial charge is 0.352 e. The van der Waals surface area contributed by atoms with Crippen molar-refractivity contribution in [2.24, 2.45) is 11.8 Å². The molecule has 1 aliphatic heterocycles. The molecule has 4 N–H and O–H groups in total. The molecule has 5 nitrogen and oxygen atoms in total. The number of nitrogen functional groups attached to an aromatic ring is 1. The van der Waals surface area contributed by atoms with Crippen molar-refractivity contribution in [1.82, 2.24) is 10.3 Å². The Kier molecular flexibility index (Phi) is 4.83. The summed E-state index contributed by atoms with van der Waals surface area (Å²) in [5.41, 5.74) is 3.02. The quantitative estimate of drug-likeness (QED) is 0.564. The summed E-state index contributed by atoms with van der Waals surface area (Å²) in [6.07, 6.45) is 3.95. The summed E-state index contributed by atoms with van der Waals surface area (Å²) in [5.74, 6) is 8.72. The lowest BCUT2D eigenvalue weighted by Crippen LogP contribution is -2.31. The first-order chi connectivity index (χ1) is 8.79. The number of nitrogens with two attached hydrogens (primary N) is 1. The molecule has 0 atom stereocenters. The van der Waals surface area contributed by atoms with Gasteiger partial charge in [-0.25, -0.2) is 10.8 Å². The number of anilines is 1. The van der Waals surface area contributed by atoms with Gasteiger partial charge in [0.2, 0.25) is 0 Å². The van der Waals surface area contributed by atoms with E-state index < -0.39 is 0 Å². The van der Waals surface area contributed by atoms with Gasteiger partial charge in [-0.1, -0.05) is 0 Å². The molecule has 0 aromatic carbocycles. The fraction of sp³-hybridized carbons (Fsp3) is 0.500. The predicted octanol–water partition coefficient (Wildman–Crippen LogP) is 1.24. The topological polar surface area (TPSA) is 80.0 Å². The van der Waals surface area contributed by atoms with Crippen LogP contribution in [0.1, 0.15) is 23.2 Å². The first kappa shape index (κ1) is 13.2. The SMILES string of the molecule is NNc1cc(C(=O)NCC2CCSCC2)ccn1. The molecule has 1 aliphatic rings. The zero-order valence-corrected chi connectivity index (χ0v) is 11.0. The molecule has 18 heavy (non-hydrogen) atoms. The molecular formula is C12H18N4OS. The van der Waals surface area contributed by atoms with Crippen LogP contribution in [0.2, 0.25) is 0 Å². The van der Waals surface area contributed by atoms with E-state index >= 15 is 0 Å². The fourth-order valence-corrected chi connectivity index (χ4v) is 3.14. The van der Waals surface area contributed by atoms with Crippen LogP contribution in [0.15, 0.2) is 18.3 Å². The number of nitrogens with zero attached hydrogens (tertiary/aromatic N) is 1. The number of rotatable bonds is 4. The number of hydrazine groups is 1. The molecule has 2 heterocycles. The van der Waals surface area contributed by atoms with Gasteiger partial charge in [0.05, 0.1) is 0 Å². The van der Waals surface area contributed by atoms with E-state index in [9.17, 15) is 4.79 Å². The Morgan fingerprint density at radius 1 is 1.50 bits per heavy atom. The van der Waals surface area contributed by atoms with E-state index in [1.165, 1.54) is 24.3 Å². The van der Waals surface area contributed by atoms with Gasteiger partial charge >= 0.3 is 0 Å². The van der Waals surface area contributed by atoms with Gasteiger partial charge in [-0.05, 0) is 42.4 Å². The number of carbonyl (C=O) groups is 1. The smallest absolute Gasteiger partial charge is 0.251 e. The highest BCUT2D eigenvalue weighted by Gasteiger charge is 2.15. The first-order valence-electron chi connectivity index (χ1n) is 6.08. The number of aromatic nitrogens is 1. The summed E-state index contributed by atoms with van der Waals surface area (Å²) in [6, 6.07) is 3.33. The van der Waals surface area contributed by atoms with Crippen LogP contribution in [0.3, 0.4) is 0 Å². The number of hydrogen-bond acceptors (Lipinski definition) is 5. The van der Waals surface area contributed by atoms with Crippen LogP contribution >= 0.6 is 11.8 Å². The van der Waals surface area contributed by atoms with Crippen LogP contribution in [0, 0.1) is 5.92 Å². The van der Waals surface area contributed by atoms with E-state index in [0.717, 1.165) is 6.54 Å². The van der Waals surface area contributed by atoms with Gasteiger partial charge in [0.15, 0.2) is 0 Å². The van der Waals surface area contributed by atoms with Gasteiger partial charge in [0.25, 0.3) is 5.91 Å². The minimum Gasteiger partial charge on any atom is -0.352 e. The van der Waals surface area contributed by atoms with Crippen LogP contribution < -0.4 is 16.6 Å². The fourth-order valence-electron chi connectivity index (χ4n) is 1.94. The number of thioether (sulfide) groups is 1. The van der Waals surface area contributed by atoms with E-state index in [1.54, 1.807) is 18.3 Å². The van der Waals surface area contributed by atoms with Crippen molar-refractivity contribution < 1.29 is 4.79 Å². The van der Waals surface area contributed by atoms with Crippen molar-refractivity contribution in [2.45, 2.75) is 12.8 Å². The molecule has 0 radical (unpaired) electrons. The van der Waals surface area contributed by atoms with Crippen LogP contribution in [0.5, 0.6) is 0 Å². The summed E-state index contributed by atoms with van der Waals surface area (Å²) >= 11 is 1.99. The minimum atomic E-state index is -0.0628. The molecule has 1 aromatic rings. The molecule has 1 fully saturated rings. The molecular weight excluding hydrogens is 248 g/mol. The highest BCUT2D eigenvalue weighted by Crippen LogP contribution is 2.21. The third-order valence-electron chi connectivity index (χ3n) is 3.06. The Balaban J connectivity index is 1.86. The Labute approximate surface area is 111 Å². The third kappa shape index (κ3) is 3.61. The second kappa shape index (κ2) is 6.61. The maximum Gasteiger partial charge on any atom is 0.251 e. The van der Waals surface area contributed by atoms with Crippen molar-refractivity contribution in [3.8, 4) is 0 Å². The zero-order valence-electron chi connectivity index (χ0n) is 10.2. The van der Waals surface area contributed by atoms with Gasteiger partial charge in [-0.15, -0.1) is 0 Å². The molecule has 1 saturated heterocycles. The normalized spacial score (nSPS) is 16.3. The summed E-state index contributed by atoms with van der Waals surface area (Å²) < 4.78 is 0. The molecule has 0 spiro atoms. The molecule has 0 bridgehead atoms. The predicted molar refractivity (Wildman–Crippen MR) is 74.4 cm³/mol. The Bertz CT molecular complexity index is 407. The minimum absolute atomic E-state index is 0.0628. The average Bonchev–Trinajstić information content (AvgIpc) is 2.46. The van der Waals surface area contributed by atoms with Crippen LogP contribution in [-0.2, 0) is 0 Å². The molecule has 1 aromatic heterocycles. The van der Waals surface area contributed by atoms with Gasteiger partial charge in [-0.2, -0.15) is 11.8 Å². The number of nitrogens with one attached hydrogen (secondary N) is 2. The van der Waals surface area contributed by atoms with Gasteiger partial charge in [-0.3, -0.25) is 4.79 Å². The second-order valence-electron chi connectivity index (χ2n) is 4.34. The maximum atomic E-state index is 11.9. The molecule has 0 saturated carbocycles. The first-order valence-corrected chi connectivity index (χ1v) is 7.23. The highest BCUT2D eigenvalue weighted by molar-refractivity contribution is 7.99. The van der Waals surface area contributed by atoms with E-state index in [0.29, 0.717) is 17.3 Å². The summed E-state index contributed by atoms with van der Waals surface area (Å²) in [5, 5.41) is 2.98. The summed E-state index contributed by atoms with van der Waals surface area (Å²) in [6.45, 7) is 0.757. The number of amides is 1. The second-order valence-corrected chi connectivity index (χ2v) is 5.56. The van der Waals surface area contributed by atoms with Gasteiger partial charge in [0, 0.05) is 18.3 Å². The van der Waals surface area contributed by atoms with Crippen LogP contribution in [0.25, 0.3) is 0 Å². The molecule has 1 amide bonds. The molecule has 98 valence electrons. The van der Waals surface area contributed by atoms with E-state index in [1.807, 2.05) is 11.8 Å². The lowest BCUT2D eigenvalue weighted by atomic mass is 10.0. The Hall–Kier alpha value is -1.27. The van der Waals surface area contributed by atoms with E-state index in [-0.39, 0.29) is 5.91 Å². The number of pyridine rings is 1. The maximum absolute atomic E-state index is 11.9. The van der Waals surface area contributed by atoms with E-state index in [4.69, 9.17) is 5.84 Å². The Morgan fingerprint density at radius 3 is 3.00 bits per heavy atom. The Morgan fingerprint density at radius 2 is 2.28 bits per heavy atom. The summed E-state index contributed by atoms with van der Waals surface area (Å²) in [4.78, 5) is 15.9. The van der Waals surface area contributed by atoms with Crippen molar-refractivity contribution in [3.05, 3.63) is 23.9 Å². The average molecular weight is 266 g/mol. The summed E-state index contributed by atoms with van der Waals surface area (Å²) in [7, 11) is 0. The highest BCUT2D eigenvalue weighted by atomic mass is 32.2. The van der Waals surface area contributed by atoms with Crippen LogP contribution in [-0.4, -0.2) is 28.9 Å².